The van der Waals surface area contributed by atoms with Gasteiger partial charge < -0.3 is 20.2 Å². The van der Waals surface area contributed by atoms with Crippen LogP contribution in [-0.2, 0) is 9.59 Å². The third-order valence-electron chi connectivity index (χ3n) is 4.28. The number of hydrogen-bond donors (Lipinski definition) is 2. The van der Waals surface area contributed by atoms with E-state index in [0.29, 0.717) is 26.1 Å². The topological polar surface area (TPSA) is 90.0 Å². The van der Waals surface area contributed by atoms with Gasteiger partial charge in [0.05, 0.1) is 0 Å². The molecule has 2 rings (SSSR count). The largest absolute Gasteiger partial charge is 0.480 e. The van der Waals surface area contributed by atoms with E-state index < -0.39 is 17.6 Å². The minimum atomic E-state index is -0.984. The van der Waals surface area contributed by atoms with Crippen molar-refractivity contribution in [2.45, 2.75) is 38.8 Å². The summed E-state index contributed by atoms with van der Waals surface area (Å²) in [5.74, 6) is -1.27. The molecule has 20 heavy (non-hydrogen) atoms. The molecule has 2 aliphatic heterocycles. The molecule has 2 fully saturated rings. The van der Waals surface area contributed by atoms with Gasteiger partial charge in [-0.2, -0.15) is 0 Å². The van der Waals surface area contributed by atoms with Crippen molar-refractivity contribution in [3.63, 3.8) is 0 Å². The van der Waals surface area contributed by atoms with Gasteiger partial charge in [0.2, 0.25) is 5.91 Å². The van der Waals surface area contributed by atoms with Crippen LogP contribution in [0, 0.1) is 5.92 Å². The summed E-state index contributed by atoms with van der Waals surface area (Å²) in [5, 5.41) is 12.0. The van der Waals surface area contributed by atoms with Crippen LogP contribution in [0.15, 0.2) is 0 Å². The van der Waals surface area contributed by atoms with E-state index >= 15 is 0 Å². The summed E-state index contributed by atoms with van der Waals surface area (Å²) in [6.45, 7) is 6.40. The molecule has 2 unspecified atom stereocenters. The number of carbonyl (C=O) groups is 3. The molecule has 7 nitrogen and oxygen atoms in total. The van der Waals surface area contributed by atoms with Gasteiger partial charge >= 0.3 is 12.0 Å². The van der Waals surface area contributed by atoms with Crippen LogP contribution in [0.3, 0.4) is 0 Å². The number of hydrogen-bond acceptors (Lipinski definition) is 3. The second kappa shape index (κ2) is 4.96. The number of rotatable bonds is 1. The molecular weight excluding hydrogens is 262 g/mol. The number of aliphatic carboxylic acids is 1. The Balaban J connectivity index is 2.22. The SMILES string of the molecule is CC1CCN(C(=O)N2CCNC(=O)C2(C)C)C1C(=O)O. The number of likely N-dealkylation sites (tertiary alicyclic amines) is 1. The minimum absolute atomic E-state index is 0.0711. The van der Waals surface area contributed by atoms with Crippen molar-refractivity contribution in [3.8, 4) is 0 Å². The molecule has 0 bridgehead atoms. The number of amides is 3. The maximum Gasteiger partial charge on any atom is 0.326 e. The van der Waals surface area contributed by atoms with Crippen LogP contribution in [0.1, 0.15) is 27.2 Å². The molecule has 3 amide bonds. The van der Waals surface area contributed by atoms with E-state index in [4.69, 9.17) is 0 Å². The maximum atomic E-state index is 12.6. The van der Waals surface area contributed by atoms with Gasteiger partial charge in [-0.25, -0.2) is 9.59 Å². The molecule has 2 saturated heterocycles. The highest BCUT2D eigenvalue weighted by atomic mass is 16.4. The monoisotopic (exact) mass is 283 g/mol. The van der Waals surface area contributed by atoms with Crippen LogP contribution >= 0.6 is 0 Å². The first-order chi connectivity index (χ1) is 9.26. The quantitative estimate of drug-likeness (QED) is 0.715. The fourth-order valence-corrected chi connectivity index (χ4v) is 2.93. The highest BCUT2D eigenvalue weighted by molar-refractivity contribution is 5.92. The van der Waals surface area contributed by atoms with Crippen LogP contribution in [0.2, 0.25) is 0 Å². The Morgan fingerprint density at radius 3 is 2.60 bits per heavy atom. The highest BCUT2D eigenvalue weighted by Crippen LogP contribution is 2.28. The molecule has 0 radical (unpaired) electrons. The van der Waals surface area contributed by atoms with Gasteiger partial charge in [0, 0.05) is 19.6 Å². The highest BCUT2D eigenvalue weighted by Gasteiger charge is 2.47. The third-order valence-corrected chi connectivity index (χ3v) is 4.28. The average Bonchev–Trinajstić information content (AvgIpc) is 2.74. The van der Waals surface area contributed by atoms with E-state index in [1.165, 1.54) is 9.80 Å². The summed E-state index contributed by atoms with van der Waals surface area (Å²) in [6.07, 6.45) is 0.670. The Bertz CT molecular complexity index is 449. The van der Waals surface area contributed by atoms with Crippen molar-refractivity contribution >= 4 is 17.9 Å². The van der Waals surface area contributed by atoms with Gasteiger partial charge in [-0.1, -0.05) is 6.92 Å². The summed E-state index contributed by atoms with van der Waals surface area (Å²) >= 11 is 0. The molecule has 0 aromatic heterocycles. The predicted molar refractivity (Wildman–Crippen MR) is 71.1 cm³/mol. The molecule has 2 aliphatic rings. The number of nitrogens with one attached hydrogen (secondary N) is 1. The van der Waals surface area contributed by atoms with Crippen molar-refractivity contribution in [3.05, 3.63) is 0 Å². The number of urea groups is 1. The minimum Gasteiger partial charge on any atom is -0.480 e. The summed E-state index contributed by atoms with van der Waals surface area (Å²) in [5.41, 5.74) is -0.954. The second-order valence-corrected chi connectivity index (χ2v) is 5.99. The number of carbonyl (C=O) groups excluding carboxylic acids is 2. The van der Waals surface area contributed by atoms with E-state index in [1.807, 2.05) is 6.92 Å². The first kappa shape index (κ1) is 14.6. The Kier molecular flexibility index (Phi) is 3.62. The average molecular weight is 283 g/mol. The molecule has 2 atom stereocenters. The zero-order valence-corrected chi connectivity index (χ0v) is 12.0. The van der Waals surface area contributed by atoms with Gasteiger partial charge in [-0.05, 0) is 26.2 Å². The lowest BCUT2D eigenvalue weighted by Gasteiger charge is -2.43. The van der Waals surface area contributed by atoms with Crippen molar-refractivity contribution in [2.75, 3.05) is 19.6 Å². The molecule has 2 heterocycles. The van der Waals surface area contributed by atoms with Crippen molar-refractivity contribution in [1.82, 2.24) is 15.1 Å². The fraction of sp³-hybridized carbons (Fsp3) is 0.769. The zero-order valence-electron chi connectivity index (χ0n) is 12.0. The van der Waals surface area contributed by atoms with Gasteiger partial charge in [-0.3, -0.25) is 4.79 Å². The Morgan fingerprint density at radius 2 is 2.00 bits per heavy atom. The molecule has 0 aliphatic carbocycles. The van der Waals surface area contributed by atoms with E-state index in [2.05, 4.69) is 5.32 Å². The molecule has 0 spiro atoms. The summed E-state index contributed by atoms with van der Waals surface area (Å²) < 4.78 is 0. The van der Waals surface area contributed by atoms with Crippen LogP contribution in [0.4, 0.5) is 4.79 Å². The molecular formula is C13H21N3O4. The predicted octanol–water partition coefficient (Wildman–Crippen LogP) is 0.112. The lowest BCUT2D eigenvalue weighted by Crippen LogP contribution is -2.66. The molecule has 7 heteroatoms. The number of carboxylic acid groups (broad SMARTS) is 1. The smallest absolute Gasteiger partial charge is 0.326 e. The van der Waals surface area contributed by atoms with Crippen LogP contribution in [0.5, 0.6) is 0 Å². The van der Waals surface area contributed by atoms with Crippen LogP contribution in [0.25, 0.3) is 0 Å². The number of piperazine rings is 1. The second-order valence-electron chi connectivity index (χ2n) is 5.99. The van der Waals surface area contributed by atoms with Crippen molar-refractivity contribution in [2.24, 2.45) is 5.92 Å². The summed E-state index contributed by atoms with van der Waals surface area (Å²) in [4.78, 5) is 38.7. The van der Waals surface area contributed by atoms with E-state index in [9.17, 15) is 19.5 Å². The lowest BCUT2D eigenvalue weighted by atomic mass is 9.99. The third kappa shape index (κ3) is 2.21. The van der Waals surface area contributed by atoms with Gasteiger partial charge in [-0.15, -0.1) is 0 Å². The Hall–Kier alpha value is -1.79. The van der Waals surface area contributed by atoms with Gasteiger partial charge in [0.1, 0.15) is 11.6 Å². The lowest BCUT2D eigenvalue weighted by molar-refractivity contribution is -0.142. The van der Waals surface area contributed by atoms with Gasteiger partial charge in [0.15, 0.2) is 0 Å². The Labute approximate surface area is 117 Å². The van der Waals surface area contributed by atoms with E-state index in [-0.39, 0.29) is 17.9 Å². The zero-order chi connectivity index (χ0) is 15.1. The van der Waals surface area contributed by atoms with Crippen LogP contribution in [-0.4, -0.2) is 64.0 Å². The van der Waals surface area contributed by atoms with Crippen molar-refractivity contribution in [1.29, 1.82) is 0 Å². The fourth-order valence-electron chi connectivity index (χ4n) is 2.93. The molecule has 0 saturated carbocycles. The van der Waals surface area contributed by atoms with E-state index in [1.54, 1.807) is 13.8 Å². The molecule has 2 N–H and O–H groups in total. The summed E-state index contributed by atoms with van der Waals surface area (Å²) in [7, 11) is 0. The van der Waals surface area contributed by atoms with Crippen LogP contribution < -0.4 is 5.32 Å². The van der Waals surface area contributed by atoms with Gasteiger partial charge in [0.25, 0.3) is 0 Å². The maximum absolute atomic E-state index is 12.6. The molecule has 0 aromatic rings. The standard InChI is InChI=1S/C13H21N3O4/c1-8-4-6-15(9(8)10(17)18)12(20)16-7-5-14-11(19)13(16,2)3/h8-9H,4-7H2,1-3H3,(H,14,19)(H,17,18). The normalized spacial score (nSPS) is 29.2. The van der Waals surface area contributed by atoms with Crippen molar-refractivity contribution < 1.29 is 19.5 Å². The number of carboxylic acids is 1. The van der Waals surface area contributed by atoms with E-state index in [0.717, 1.165) is 0 Å². The molecule has 112 valence electrons. The molecule has 0 aromatic carbocycles. The Morgan fingerprint density at radius 1 is 1.35 bits per heavy atom. The first-order valence-corrected chi connectivity index (χ1v) is 6.86. The number of nitrogens with zero attached hydrogens (tertiary/aromatic N) is 2. The summed E-state index contributed by atoms with van der Waals surface area (Å²) in [6, 6.07) is -1.16. The first-order valence-electron chi connectivity index (χ1n) is 6.86.